The maximum absolute atomic E-state index is 13.9. The topological polar surface area (TPSA) is 105 Å². The van der Waals surface area contributed by atoms with Crippen LogP contribution < -0.4 is 19.1 Å². The number of carbonyl (C=O) groups excluding carboxylic acids is 2. The van der Waals surface area contributed by atoms with E-state index in [-0.39, 0.29) is 22.9 Å². The zero-order chi connectivity index (χ0) is 29.4. The van der Waals surface area contributed by atoms with Gasteiger partial charge in [-0.2, -0.15) is 0 Å². The van der Waals surface area contributed by atoms with Crippen LogP contribution >= 0.6 is 11.6 Å². The Morgan fingerprint density at radius 1 is 1.00 bits per heavy atom. The molecule has 0 aliphatic heterocycles. The fourth-order valence-corrected chi connectivity index (χ4v) is 5.58. The first-order valence-corrected chi connectivity index (χ1v) is 14.2. The lowest BCUT2D eigenvalue weighted by Gasteiger charge is -2.32. The Labute approximate surface area is 238 Å². The SMILES string of the molecule is CCNC(=O)[C@H](C)N(Cc1ccccc1Cl)C(=O)CN(c1ccc(F)cc1)S(=O)(=O)c1ccc(OC)c(OC)c1. The Kier molecular flexibility index (Phi) is 10.4. The summed E-state index contributed by atoms with van der Waals surface area (Å²) < 4.78 is 52.9. The predicted octanol–water partition coefficient (Wildman–Crippen LogP) is 4.25. The Balaban J connectivity index is 2.08. The van der Waals surface area contributed by atoms with Gasteiger partial charge in [-0.15, -0.1) is 0 Å². The molecule has 214 valence electrons. The van der Waals surface area contributed by atoms with E-state index in [1.807, 2.05) is 0 Å². The zero-order valence-corrected chi connectivity index (χ0v) is 24.1. The van der Waals surface area contributed by atoms with E-state index in [1.165, 1.54) is 49.5 Å². The van der Waals surface area contributed by atoms with Crippen molar-refractivity contribution in [3.8, 4) is 11.5 Å². The molecule has 3 rings (SSSR count). The molecule has 0 radical (unpaired) electrons. The van der Waals surface area contributed by atoms with Gasteiger partial charge in [-0.05, 0) is 61.9 Å². The lowest BCUT2D eigenvalue weighted by atomic mass is 10.1. The molecule has 0 fully saturated rings. The highest BCUT2D eigenvalue weighted by Crippen LogP contribution is 2.32. The van der Waals surface area contributed by atoms with Gasteiger partial charge in [0.25, 0.3) is 10.0 Å². The summed E-state index contributed by atoms with van der Waals surface area (Å²) in [5, 5.41) is 3.07. The largest absolute Gasteiger partial charge is 0.493 e. The molecule has 0 unspecified atom stereocenters. The maximum Gasteiger partial charge on any atom is 0.264 e. The molecule has 0 spiro atoms. The summed E-state index contributed by atoms with van der Waals surface area (Å²) in [4.78, 5) is 27.7. The number of ether oxygens (including phenoxy) is 2. The Morgan fingerprint density at radius 2 is 1.65 bits per heavy atom. The van der Waals surface area contributed by atoms with Gasteiger partial charge in [-0.3, -0.25) is 13.9 Å². The van der Waals surface area contributed by atoms with Gasteiger partial charge in [0.2, 0.25) is 11.8 Å². The van der Waals surface area contributed by atoms with E-state index in [4.69, 9.17) is 21.1 Å². The normalized spacial score (nSPS) is 11.8. The van der Waals surface area contributed by atoms with Crippen molar-refractivity contribution in [2.45, 2.75) is 31.3 Å². The molecule has 0 aromatic heterocycles. The van der Waals surface area contributed by atoms with Crippen LogP contribution in [0.5, 0.6) is 11.5 Å². The van der Waals surface area contributed by atoms with E-state index >= 15 is 0 Å². The highest BCUT2D eigenvalue weighted by molar-refractivity contribution is 7.92. The van der Waals surface area contributed by atoms with Crippen molar-refractivity contribution in [3.63, 3.8) is 0 Å². The van der Waals surface area contributed by atoms with E-state index in [0.29, 0.717) is 22.9 Å². The van der Waals surface area contributed by atoms with Gasteiger partial charge >= 0.3 is 0 Å². The maximum atomic E-state index is 13.9. The van der Waals surface area contributed by atoms with Gasteiger partial charge in [0.05, 0.1) is 24.8 Å². The van der Waals surface area contributed by atoms with Crippen molar-refractivity contribution >= 4 is 39.1 Å². The summed E-state index contributed by atoms with van der Waals surface area (Å²) in [6.07, 6.45) is 0. The highest BCUT2D eigenvalue weighted by atomic mass is 35.5. The number of halogens is 2. The van der Waals surface area contributed by atoms with Gasteiger partial charge in [-0.1, -0.05) is 29.8 Å². The first-order chi connectivity index (χ1) is 19.0. The first-order valence-electron chi connectivity index (χ1n) is 12.3. The molecular weight excluding hydrogens is 561 g/mol. The van der Waals surface area contributed by atoms with Gasteiger partial charge in [0.1, 0.15) is 18.4 Å². The minimum absolute atomic E-state index is 0.0490. The number of rotatable bonds is 12. The number of hydrogen-bond donors (Lipinski definition) is 1. The van der Waals surface area contributed by atoms with Crippen molar-refractivity contribution in [1.29, 1.82) is 0 Å². The Hall–Kier alpha value is -3.83. The number of sulfonamides is 1. The van der Waals surface area contributed by atoms with Crippen LogP contribution in [0.1, 0.15) is 19.4 Å². The van der Waals surface area contributed by atoms with E-state index in [1.54, 1.807) is 38.1 Å². The number of methoxy groups -OCH3 is 2. The molecule has 0 saturated carbocycles. The molecule has 3 aromatic carbocycles. The van der Waals surface area contributed by atoms with Crippen LogP contribution in [0.4, 0.5) is 10.1 Å². The molecule has 0 saturated heterocycles. The van der Waals surface area contributed by atoms with Crippen molar-refractivity contribution in [2.75, 3.05) is 31.6 Å². The molecule has 0 bridgehead atoms. The third kappa shape index (κ3) is 7.02. The van der Waals surface area contributed by atoms with Crippen LogP contribution in [0.25, 0.3) is 0 Å². The predicted molar refractivity (Wildman–Crippen MR) is 151 cm³/mol. The van der Waals surface area contributed by atoms with Crippen LogP contribution in [0.3, 0.4) is 0 Å². The fraction of sp³-hybridized carbons (Fsp3) is 0.286. The van der Waals surface area contributed by atoms with Gasteiger partial charge in [0, 0.05) is 24.2 Å². The second-order valence-electron chi connectivity index (χ2n) is 8.69. The lowest BCUT2D eigenvalue weighted by Crippen LogP contribution is -2.51. The van der Waals surface area contributed by atoms with Crippen LogP contribution in [0.15, 0.2) is 71.6 Å². The second-order valence-corrected chi connectivity index (χ2v) is 11.0. The molecule has 12 heteroatoms. The second kappa shape index (κ2) is 13.5. The van der Waals surface area contributed by atoms with Crippen molar-refractivity contribution in [2.24, 2.45) is 0 Å². The number of amides is 2. The number of likely N-dealkylation sites (N-methyl/N-ethyl adjacent to an activating group) is 1. The molecule has 3 aromatic rings. The number of benzene rings is 3. The minimum atomic E-state index is -4.39. The van der Waals surface area contributed by atoms with E-state index < -0.39 is 40.2 Å². The molecule has 1 atom stereocenters. The molecule has 0 aliphatic carbocycles. The summed E-state index contributed by atoms with van der Waals surface area (Å²) in [5.41, 5.74) is 0.623. The van der Waals surface area contributed by atoms with E-state index in [2.05, 4.69) is 5.32 Å². The van der Waals surface area contributed by atoms with E-state index in [0.717, 1.165) is 16.4 Å². The van der Waals surface area contributed by atoms with Crippen LogP contribution in [-0.4, -0.2) is 58.5 Å². The lowest BCUT2D eigenvalue weighted by molar-refractivity contribution is -0.139. The minimum Gasteiger partial charge on any atom is -0.493 e. The smallest absolute Gasteiger partial charge is 0.264 e. The van der Waals surface area contributed by atoms with E-state index in [9.17, 15) is 22.4 Å². The van der Waals surface area contributed by atoms with Crippen LogP contribution in [-0.2, 0) is 26.2 Å². The van der Waals surface area contributed by atoms with Crippen LogP contribution in [0, 0.1) is 5.82 Å². The summed E-state index contributed by atoms with van der Waals surface area (Å²) >= 11 is 6.34. The van der Waals surface area contributed by atoms with Gasteiger partial charge < -0.3 is 19.7 Å². The summed E-state index contributed by atoms with van der Waals surface area (Å²) in [5.74, 6) is -1.19. The molecule has 9 nitrogen and oxygen atoms in total. The molecule has 2 amide bonds. The van der Waals surface area contributed by atoms with Crippen molar-refractivity contribution < 1.29 is 31.9 Å². The Bertz CT molecular complexity index is 1450. The number of carbonyl (C=O) groups is 2. The fourth-order valence-electron chi connectivity index (χ4n) is 3.96. The molecule has 0 heterocycles. The highest BCUT2D eigenvalue weighted by Gasteiger charge is 2.33. The third-order valence-electron chi connectivity index (χ3n) is 6.15. The standard InChI is InChI=1S/C28H31ClFN3O6S/c1-5-31-28(35)19(2)32(17-20-8-6-7-9-24(20)29)27(34)18-33(22-12-10-21(30)11-13-22)40(36,37)23-14-15-25(38-3)26(16-23)39-4/h6-16,19H,5,17-18H2,1-4H3,(H,31,35)/t19-/m0/s1. The van der Waals surface area contributed by atoms with Crippen molar-refractivity contribution in [1.82, 2.24) is 10.2 Å². The van der Waals surface area contributed by atoms with Gasteiger partial charge in [0.15, 0.2) is 11.5 Å². The first kappa shape index (κ1) is 30.7. The monoisotopic (exact) mass is 591 g/mol. The summed E-state index contributed by atoms with van der Waals surface area (Å²) in [6, 6.07) is 14.6. The quantitative estimate of drug-likeness (QED) is 0.338. The number of hydrogen-bond acceptors (Lipinski definition) is 6. The number of anilines is 1. The summed E-state index contributed by atoms with van der Waals surface area (Å²) in [6.45, 7) is 2.90. The average molecular weight is 592 g/mol. The molecule has 0 aliphatic rings. The Morgan fingerprint density at radius 3 is 2.25 bits per heavy atom. The number of nitrogens with zero attached hydrogens (tertiary/aromatic N) is 2. The molecular formula is C28H31ClFN3O6S. The van der Waals surface area contributed by atoms with Crippen molar-refractivity contribution in [3.05, 3.63) is 83.1 Å². The molecule has 1 N–H and O–H groups in total. The average Bonchev–Trinajstić information content (AvgIpc) is 2.95. The van der Waals surface area contributed by atoms with Gasteiger partial charge in [-0.25, -0.2) is 12.8 Å². The molecule has 40 heavy (non-hydrogen) atoms. The third-order valence-corrected chi connectivity index (χ3v) is 8.29. The number of nitrogens with one attached hydrogen (secondary N) is 1. The zero-order valence-electron chi connectivity index (χ0n) is 22.6. The summed E-state index contributed by atoms with van der Waals surface area (Å²) in [7, 11) is -1.61. The van der Waals surface area contributed by atoms with Crippen LogP contribution in [0.2, 0.25) is 5.02 Å².